The van der Waals surface area contributed by atoms with Crippen LogP contribution in [-0.2, 0) is 10.3 Å². The molecule has 1 saturated heterocycles. The van der Waals surface area contributed by atoms with Gasteiger partial charge in [-0.25, -0.2) is 4.39 Å². The molecule has 108 valence electrons. The number of aliphatic imine (C=N–C) groups is 1. The van der Waals surface area contributed by atoms with Crippen molar-refractivity contribution in [3.8, 4) is 0 Å². The number of benzene rings is 1. The highest BCUT2D eigenvalue weighted by molar-refractivity contribution is 6.35. The Bertz CT molecular complexity index is 591. The van der Waals surface area contributed by atoms with Crippen molar-refractivity contribution in [2.24, 2.45) is 4.99 Å². The number of carbonyl (C=O) groups is 1. The van der Waals surface area contributed by atoms with Crippen molar-refractivity contribution >= 4 is 35.1 Å². The summed E-state index contributed by atoms with van der Waals surface area (Å²) in [4.78, 5) is 16.3. The highest BCUT2D eigenvalue weighted by atomic mass is 35.5. The van der Waals surface area contributed by atoms with Gasteiger partial charge in [-0.3, -0.25) is 15.1 Å². The van der Waals surface area contributed by atoms with Crippen LogP contribution < -0.4 is 10.6 Å². The zero-order chi connectivity index (χ0) is 14.9. The van der Waals surface area contributed by atoms with Crippen molar-refractivity contribution in [1.29, 1.82) is 0 Å². The van der Waals surface area contributed by atoms with Crippen LogP contribution in [0.25, 0.3) is 0 Å². The lowest BCUT2D eigenvalue weighted by Gasteiger charge is -2.23. The number of hydrogen-bond donors (Lipinski definition) is 2. The van der Waals surface area contributed by atoms with E-state index in [0.717, 1.165) is 6.42 Å². The molecule has 2 rings (SSSR count). The van der Waals surface area contributed by atoms with E-state index >= 15 is 0 Å². The first-order valence-electron chi connectivity index (χ1n) is 6.17. The molecule has 0 radical (unpaired) electrons. The van der Waals surface area contributed by atoms with Gasteiger partial charge in [0.1, 0.15) is 11.4 Å². The second kappa shape index (κ2) is 5.58. The monoisotopic (exact) mass is 317 g/mol. The minimum Gasteiger partial charge on any atom is -0.338 e. The minimum absolute atomic E-state index is 0.0828. The fraction of sp³-hybridized carbons (Fsp3) is 0.385. The number of rotatable bonds is 3. The van der Waals surface area contributed by atoms with Gasteiger partial charge in [-0.2, -0.15) is 0 Å². The van der Waals surface area contributed by atoms with E-state index in [1.165, 1.54) is 12.1 Å². The van der Waals surface area contributed by atoms with Crippen molar-refractivity contribution in [3.63, 3.8) is 0 Å². The quantitative estimate of drug-likeness (QED) is 0.842. The number of amides is 1. The molecular weight excluding hydrogens is 304 g/mol. The lowest BCUT2D eigenvalue weighted by Crippen LogP contribution is -2.41. The van der Waals surface area contributed by atoms with Crippen molar-refractivity contribution < 1.29 is 9.18 Å². The maximum absolute atomic E-state index is 13.6. The number of guanidine groups is 1. The van der Waals surface area contributed by atoms with Crippen LogP contribution in [0.4, 0.5) is 4.39 Å². The number of carbonyl (C=O) groups excluding carboxylic acids is 1. The summed E-state index contributed by atoms with van der Waals surface area (Å²) in [6.07, 6.45) is 0.855. The highest BCUT2D eigenvalue weighted by Gasteiger charge is 2.44. The first-order valence-corrected chi connectivity index (χ1v) is 6.93. The van der Waals surface area contributed by atoms with Crippen LogP contribution in [0.3, 0.4) is 0 Å². The summed E-state index contributed by atoms with van der Waals surface area (Å²) in [5, 5.41) is 5.71. The van der Waals surface area contributed by atoms with E-state index < -0.39 is 11.4 Å². The third-order valence-corrected chi connectivity index (χ3v) is 3.70. The summed E-state index contributed by atoms with van der Waals surface area (Å²) in [5.41, 5.74) is -0.852. The first-order chi connectivity index (χ1) is 9.38. The molecular formula is C13H14Cl2FN3O. The minimum atomic E-state index is -1.17. The maximum atomic E-state index is 13.6. The molecule has 1 aliphatic heterocycles. The van der Waals surface area contributed by atoms with Gasteiger partial charge in [0.2, 0.25) is 0 Å². The Kier molecular flexibility index (Phi) is 4.20. The van der Waals surface area contributed by atoms with Crippen molar-refractivity contribution in [3.05, 3.63) is 33.6 Å². The molecule has 0 spiro atoms. The van der Waals surface area contributed by atoms with Crippen LogP contribution in [0.15, 0.2) is 17.1 Å². The molecule has 0 aliphatic carbocycles. The highest BCUT2D eigenvalue weighted by Crippen LogP contribution is 2.33. The number of nitrogens with one attached hydrogen (secondary N) is 2. The molecule has 1 aliphatic rings. The average molecular weight is 318 g/mol. The predicted octanol–water partition coefficient (Wildman–Crippen LogP) is 2.83. The molecule has 1 fully saturated rings. The van der Waals surface area contributed by atoms with Gasteiger partial charge in [0, 0.05) is 17.1 Å². The standard InChI is InChI=1S/C13H14Cl2FN3O/c1-3-4-17-12-18-11(20)13(2,19-12)7-5-10(16)9(15)6-8(7)14/h5-6H,3-4H2,1-2H3,(H2,17,18,19,20). The summed E-state index contributed by atoms with van der Waals surface area (Å²) in [6.45, 7) is 4.18. The molecule has 1 atom stereocenters. The van der Waals surface area contributed by atoms with Crippen LogP contribution in [0.2, 0.25) is 10.0 Å². The third kappa shape index (κ3) is 2.60. The van der Waals surface area contributed by atoms with Gasteiger partial charge in [-0.15, -0.1) is 0 Å². The zero-order valence-corrected chi connectivity index (χ0v) is 12.6. The molecule has 1 heterocycles. The fourth-order valence-corrected chi connectivity index (χ4v) is 2.53. The van der Waals surface area contributed by atoms with Crippen LogP contribution in [0.5, 0.6) is 0 Å². The summed E-state index contributed by atoms with van der Waals surface area (Å²) >= 11 is 11.7. The molecule has 20 heavy (non-hydrogen) atoms. The summed E-state index contributed by atoms with van der Waals surface area (Å²) in [6, 6.07) is 2.45. The molecule has 1 amide bonds. The van der Waals surface area contributed by atoms with Crippen molar-refractivity contribution in [1.82, 2.24) is 10.6 Å². The molecule has 0 saturated carbocycles. The molecule has 0 aromatic heterocycles. The van der Waals surface area contributed by atoms with E-state index in [-0.39, 0.29) is 16.0 Å². The van der Waals surface area contributed by atoms with E-state index in [2.05, 4.69) is 15.6 Å². The second-order valence-corrected chi connectivity index (χ2v) is 5.50. The van der Waals surface area contributed by atoms with Crippen LogP contribution in [0, 0.1) is 5.82 Å². The predicted molar refractivity (Wildman–Crippen MR) is 77.6 cm³/mol. The Morgan fingerprint density at radius 3 is 2.70 bits per heavy atom. The van der Waals surface area contributed by atoms with E-state index in [1.54, 1.807) is 6.92 Å². The number of hydrogen-bond acceptors (Lipinski definition) is 2. The molecule has 4 nitrogen and oxygen atoms in total. The Labute approximate surface area is 126 Å². The number of nitrogens with zero attached hydrogens (tertiary/aromatic N) is 1. The average Bonchev–Trinajstić information content (AvgIpc) is 2.68. The van der Waals surface area contributed by atoms with Gasteiger partial charge >= 0.3 is 0 Å². The first kappa shape index (κ1) is 15.1. The van der Waals surface area contributed by atoms with Gasteiger partial charge in [0.15, 0.2) is 5.96 Å². The van der Waals surface area contributed by atoms with E-state index in [1.807, 2.05) is 6.92 Å². The zero-order valence-electron chi connectivity index (χ0n) is 11.1. The van der Waals surface area contributed by atoms with Gasteiger partial charge in [0.05, 0.1) is 5.02 Å². The Hall–Kier alpha value is -1.33. The topological polar surface area (TPSA) is 53.5 Å². The van der Waals surface area contributed by atoms with Crippen molar-refractivity contribution in [2.75, 3.05) is 6.54 Å². The second-order valence-electron chi connectivity index (χ2n) is 4.68. The van der Waals surface area contributed by atoms with Crippen LogP contribution >= 0.6 is 23.2 Å². The Balaban J connectivity index is 2.41. The lowest BCUT2D eigenvalue weighted by atomic mass is 9.92. The summed E-state index contributed by atoms with van der Waals surface area (Å²) < 4.78 is 13.6. The fourth-order valence-electron chi connectivity index (χ4n) is 1.96. The lowest BCUT2D eigenvalue weighted by molar-refractivity contribution is -0.123. The molecule has 2 N–H and O–H groups in total. The normalized spacial score (nSPS) is 23.9. The van der Waals surface area contributed by atoms with E-state index in [0.29, 0.717) is 18.1 Å². The molecule has 0 bridgehead atoms. The molecule has 7 heteroatoms. The maximum Gasteiger partial charge on any atom is 0.256 e. The van der Waals surface area contributed by atoms with Gasteiger partial charge in [0.25, 0.3) is 5.91 Å². The van der Waals surface area contributed by atoms with E-state index in [9.17, 15) is 9.18 Å². The van der Waals surface area contributed by atoms with Crippen molar-refractivity contribution in [2.45, 2.75) is 25.8 Å². The van der Waals surface area contributed by atoms with E-state index in [4.69, 9.17) is 23.2 Å². The Morgan fingerprint density at radius 2 is 2.05 bits per heavy atom. The van der Waals surface area contributed by atoms with Crippen LogP contribution in [0.1, 0.15) is 25.8 Å². The Morgan fingerprint density at radius 1 is 1.35 bits per heavy atom. The molecule has 1 aromatic rings. The summed E-state index contributed by atoms with van der Waals surface area (Å²) in [7, 11) is 0. The molecule has 1 unspecified atom stereocenters. The largest absolute Gasteiger partial charge is 0.338 e. The van der Waals surface area contributed by atoms with Gasteiger partial charge in [-0.05, 0) is 25.5 Å². The third-order valence-electron chi connectivity index (χ3n) is 3.10. The molecule has 1 aromatic carbocycles. The summed E-state index contributed by atoms with van der Waals surface area (Å²) in [5.74, 6) is -0.595. The smallest absolute Gasteiger partial charge is 0.256 e. The van der Waals surface area contributed by atoms with Crippen LogP contribution in [-0.4, -0.2) is 18.4 Å². The van der Waals surface area contributed by atoms with Gasteiger partial charge < -0.3 is 5.32 Å². The SMILES string of the molecule is CCCN=C1NC(=O)C(C)(c2cc(F)c(Cl)cc2Cl)N1. The van der Waals surface area contributed by atoms with Gasteiger partial charge in [-0.1, -0.05) is 30.1 Å². The number of halogens is 3.